The van der Waals surface area contributed by atoms with Crippen LogP contribution in [0.4, 0.5) is 5.69 Å². The van der Waals surface area contributed by atoms with Gasteiger partial charge in [-0.2, -0.15) is 0 Å². The number of rotatable bonds is 10. The lowest BCUT2D eigenvalue weighted by molar-refractivity contribution is 0.0599. The van der Waals surface area contributed by atoms with Crippen molar-refractivity contribution in [2.75, 3.05) is 12.4 Å². The molecule has 3 aromatic carbocycles. The van der Waals surface area contributed by atoms with E-state index in [0.717, 1.165) is 47.1 Å². The third kappa shape index (κ3) is 5.52. The van der Waals surface area contributed by atoms with E-state index in [-0.39, 0.29) is 11.5 Å². The Kier molecular flexibility index (Phi) is 7.90. The van der Waals surface area contributed by atoms with Crippen LogP contribution in [0.15, 0.2) is 60.7 Å². The van der Waals surface area contributed by atoms with Gasteiger partial charge >= 0.3 is 11.9 Å². The number of ether oxygens (including phenoxy) is 1. The first-order chi connectivity index (χ1) is 17.4. The number of carboxylic acids is 1. The number of aryl methyl sites for hydroxylation is 1. The van der Waals surface area contributed by atoms with Crippen LogP contribution < -0.4 is 5.32 Å². The van der Waals surface area contributed by atoms with Crippen molar-refractivity contribution in [1.29, 1.82) is 0 Å². The Morgan fingerprint density at radius 1 is 1.08 bits per heavy atom. The highest BCUT2D eigenvalue weighted by Crippen LogP contribution is 2.27. The highest BCUT2D eigenvalue weighted by atomic mass is 35.5. The maximum absolute atomic E-state index is 12.0. The number of unbranched alkanes of at least 4 members (excludes halogenated alkanes) is 1. The molecule has 0 amide bonds. The lowest BCUT2D eigenvalue weighted by Gasteiger charge is -2.15. The fourth-order valence-electron chi connectivity index (χ4n) is 4.18. The average molecular weight is 506 g/mol. The molecule has 186 valence electrons. The molecule has 0 fully saturated rings. The number of esters is 1. The Labute approximate surface area is 214 Å². The van der Waals surface area contributed by atoms with Crippen molar-refractivity contribution in [2.24, 2.45) is 0 Å². The smallest absolute Gasteiger partial charge is 0.337 e. The van der Waals surface area contributed by atoms with Crippen LogP contribution in [0.25, 0.3) is 10.8 Å². The second-order valence-electron chi connectivity index (χ2n) is 8.55. The van der Waals surface area contributed by atoms with E-state index in [2.05, 4.69) is 21.8 Å². The number of hydrogen-bond donors (Lipinski definition) is 2. The molecule has 4 aromatic rings. The molecule has 2 N–H and O–H groups in total. The Balaban J connectivity index is 1.65. The molecule has 0 aliphatic carbocycles. The summed E-state index contributed by atoms with van der Waals surface area (Å²) in [5, 5.41) is 15.3. The van der Waals surface area contributed by atoms with Gasteiger partial charge in [0, 0.05) is 18.7 Å². The van der Waals surface area contributed by atoms with E-state index in [0.29, 0.717) is 29.5 Å². The minimum Gasteiger partial charge on any atom is -0.478 e. The summed E-state index contributed by atoms with van der Waals surface area (Å²) >= 11 is 6.60. The predicted molar refractivity (Wildman–Crippen MR) is 141 cm³/mol. The van der Waals surface area contributed by atoms with E-state index < -0.39 is 5.97 Å². The number of carbonyl (C=O) groups excluding carboxylic acids is 1. The molecular formula is C28H28ClN3O4. The lowest BCUT2D eigenvalue weighted by Crippen LogP contribution is -2.13. The molecule has 36 heavy (non-hydrogen) atoms. The van der Waals surface area contributed by atoms with Gasteiger partial charge in [-0.05, 0) is 47.0 Å². The van der Waals surface area contributed by atoms with Crippen molar-refractivity contribution in [3.05, 3.63) is 94.0 Å². The van der Waals surface area contributed by atoms with Crippen molar-refractivity contribution >= 4 is 40.0 Å². The van der Waals surface area contributed by atoms with Crippen LogP contribution in [0.5, 0.6) is 0 Å². The zero-order valence-corrected chi connectivity index (χ0v) is 21.0. The van der Waals surface area contributed by atoms with E-state index >= 15 is 0 Å². The molecule has 0 aliphatic rings. The lowest BCUT2D eigenvalue weighted by atomic mass is 10.0. The van der Waals surface area contributed by atoms with Crippen LogP contribution in [-0.4, -0.2) is 33.7 Å². The second kappa shape index (κ2) is 11.3. The predicted octanol–water partition coefficient (Wildman–Crippen LogP) is 6.18. The number of nitrogens with zero attached hydrogens (tertiary/aromatic N) is 2. The first-order valence-corrected chi connectivity index (χ1v) is 12.2. The van der Waals surface area contributed by atoms with Gasteiger partial charge in [0.2, 0.25) is 0 Å². The van der Waals surface area contributed by atoms with Crippen molar-refractivity contribution in [1.82, 2.24) is 9.55 Å². The zero-order chi connectivity index (χ0) is 25.7. The van der Waals surface area contributed by atoms with Crippen LogP contribution in [0.2, 0.25) is 5.15 Å². The van der Waals surface area contributed by atoms with Gasteiger partial charge < -0.3 is 19.7 Å². The Hall–Kier alpha value is -3.84. The third-order valence-electron chi connectivity index (χ3n) is 6.13. The summed E-state index contributed by atoms with van der Waals surface area (Å²) in [6.07, 6.45) is 2.76. The fraction of sp³-hybridized carbons (Fsp3) is 0.250. The normalized spacial score (nSPS) is 11.0. The van der Waals surface area contributed by atoms with E-state index in [1.807, 2.05) is 42.5 Å². The molecular weight excluding hydrogens is 478 g/mol. The summed E-state index contributed by atoms with van der Waals surface area (Å²) in [5.41, 5.74) is 2.94. The molecule has 0 radical (unpaired) electrons. The number of carboxylic acid groups (broad SMARTS) is 1. The summed E-state index contributed by atoms with van der Waals surface area (Å²) in [6, 6.07) is 18.4. The Bertz CT molecular complexity index is 1400. The number of methoxy groups -OCH3 is 1. The molecule has 4 rings (SSSR count). The molecule has 0 unspecified atom stereocenters. The van der Waals surface area contributed by atoms with Gasteiger partial charge in [-0.25, -0.2) is 14.6 Å². The van der Waals surface area contributed by atoms with Crippen LogP contribution in [0.3, 0.4) is 0 Å². The molecule has 1 heterocycles. The second-order valence-corrected chi connectivity index (χ2v) is 8.91. The standard InChI is InChI=1S/C28H28ClN3O4/c1-3-4-9-25-31-26(29)24(32(25)17-18-10-12-19(13-11-18)28(35)36-2)16-30-23-15-21-8-6-5-7-20(21)14-22(23)27(33)34/h5-8,10-15,30H,3-4,9,16-17H2,1-2H3,(H,33,34). The molecule has 0 bridgehead atoms. The van der Waals surface area contributed by atoms with Crippen LogP contribution in [-0.2, 0) is 24.2 Å². The van der Waals surface area contributed by atoms with Gasteiger partial charge in [0.15, 0.2) is 5.15 Å². The summed E-state index contributed by atoms with van der Waals surface area (Å²) < 4.78 is 6.85. The number of imidazole rings is 1. The minimum absolute atomic E-state index is 0.195. The van der Waals surface area contributed by atoms with E-state index in [9.17, 15) is 14.7 Å². The molecule has 0 spiro atoms. The highest BCUT2D eigenvalue weighted by Gasteiger charge is 2.18. The molecule has 0 saturated heterocycles. The maximum Gasteiger partial charge on any atom is 0.337 e. The molecule has 7 nitrogen and oxygen atoms in total. The summed E-state index contributed by atoms with van der Waals surface area (Å²) in [7, 11) is 1.36. The fourth-order valence-corrected chi connectivity index (χ4v) is 4.44. The van der Waals surface area contributed by atoms with Gasteiger partial charge in [0.25, 0.3) is 0 Å². The van der Waals surface area contributed by atoms with Gasteiger partial charge in [-0.1, -0.05) is 61.3 Å². The molecule has 1 aromatic heterocycles. The van der Waals surface area contributed by atoms with Gasteiger partial charge in [-0.3, -0.25) is 0 Å². The van der Waals surface area contributed by atoms with Crippen molar-refractivity contribution in [2.45, 2.75) is 39.3 Å². The quantitative estimate of drug-likeness (QED) is 0.250. The summed E-state index contributed by atoms with van der Waals surface area (Å²) in [4.78, 5) is 28.4. The number of benzene rings is 3. The topological polar surface area (TPSA) is 93.5 Å². The largest absolute Gasteiger partial charge is 0.478 e. The number of hydrogen-bond acceptors (Lipinski definition) is 5. The maximum atomic E-state index is 12.0. The van der Waals surface area contributed by atoms with Gasteiger partial charge in [0.1, 0.15) is 5.82 Å². The van der Waals surface area contributed by atoms with Crippen LogP contribution in [0.1, 0.15) is 57.6 Å². The van der Waals surface area contributed by atoms with E-state index in [4.69, 9.17) is 16.3 Å². The Morgan fingerprint density at radius 2 is 1.78 bits per heavy atom. The first-order valence-electron chi connectivity index (χ1n) is 11.8. The first kappa shape index (κ1) is 25.3. The zero-order valence-electron chi connectivity index (χ0n) is 20.3. The number of aromatic nitrogens is 2. The number of nitrogens with one attached hydrogen (secondary N) is 1. The number of anilines is 1. The van der Waals surface area contributed by atoms with Crippen molar-refractivity contribution in [3.63, 3.8) is 0 Å². The summed E-state index contributed by atoms with van der Waals surface area (Å²) in [6.45, 7) is 2.94. The van der Waals surface area contributed by atoms with Crippen molar-refractivity contribution in [3.8, 4) is 0 Å². The number of halogens is 1. The average Bonchev–Trinajstić information content (AvgIpc) is 3.18. The monoisotopic (exact) mass is 505 g/mol. The van der Waals surface area contributed by atoms with Crippen molar-refractivity contribution < 1.29 is 19.4 Å². The third-order valence-corrected chi connectivity index (χ3v) is 6.44. The molecule has 0 atom stereocenters. The number of carbonyl (C=O) groups is 2. The van der Waals surface area contributed by atoms with E-state index in [1.165, 1.54) is 7.11 Å². The van der Waals surface area contributed by atoms with Crippen LogP contribution >= 0.6 is 11.6 Å². The van der Waals surface area contributed by atoms with Crippen LogP contribution in [0, 0.1) is 0 Å². The highest BCUT2D eigenvalue weighted by molar-refractivity contribution is 6.30. The van der Waals surface area contributed by atoms with Gasteiger partial charge in [-0.15, -0.1) is 0 Å². The van der Waals surface area contributed by atoms with E-state index in [1.54, 1.807) is 18.2 Å². The molecule has 8 heteroatoms. The molecule has 0 aliphatic heterocycles. The minimum atomic E-state index is -1.00. The summed E-state index contributed by atoms with van der Waals surface area (Å²) in [5.74, 6) is -0.518. The SMILES string of the molecule is CCCCc1nc(Cl)c(CNc2cc3ccccc3cc2C(=O)O)n1Cc1ccc(C(=O)OC)cc1. The number of fused-ring (bicyclic) bond motifs is 1. The van der Waals surface area contributed by atoms with Gasteiger partial charge in [0.05, 0.1) is 30.5 Å². The Morgan fingerprint density at radius 3 is 2.42 bits per heavy atom. The molecule has 0 saturated carbocycles. The number of aromatic carboxylic acids is 1.